The number of anilines is 1. The number of hydrogen-bond donors (Lipinski definition) is 2. The smallest absolute Gasteiger partial charge is 0.322 e. The molecule has 0 bridgehead atoms. The van der Waals surface area contributed by atoms with Gasteiger partial charge in [0.25, 0.3) is 0 Å². The van der Waals surface area contributed by atoms with Crippen molar-refractivity contribution in [3.63, 3.8) is 0 Å². The average molecular weight is 329 g/mol. The molecule has 1 aromatic rings. The first-order valence-electron chi connectivity index (χ1n) is 6.04. The van der Waals surface area contributed by atoms with Crippen molar-refractivity contribution in [3.05, 3.63) is 29.6 Å². The Labute approximate surface area is 126 Å². The van der Waals surface area contributed by atoms with Crippen LogP contribution in [-0.2, 0) is 11.0 Å². The largest absolute Gasteiger partial charge is 0.416 e. The van der Waals surface area contributed by atoms with Crippen LogP contribution in [0.15, 0.2) is 18.2 Å². The summed E-state index contributed by atoms with van der Waals surface area (Å²) in [5, 5.41) is 2.09. The fourth-order valence-electron chi connectivity index (χ4n) is 1.64. The fraction of sp³-hybridized carbons (Fsp3) is 0.462. The lowest BCUT2D eigenvalue weighted by atomic mass is 10.0. The molecule has 1 amide bonds. The molecular weight excluding hydrogens is 312 g/mol. The highest BCUT2D eigenvalue weighted by Crippen LogP contribution is 2.31. The second-order valence-electron chi connectivity index (χ2n) is 4.92. The highest BCUT2D eigenvalue weighted by Gasteiger charge is 2.31. The van der Waals surface area contributed by atoms with Crippen LogP contribution in [0.3, 0.4) is 0 Å². The van der Waals surface area contributed by atoms with E-state index in [1.165, 1.54) is 0 Å². The van der Waals surface area contributed by atoms with E-state index >= 15 is 0 Å². The summed E-state index contributed by atoms with van der Waals surface area (Å²) in [6.45, 7) is 3.69. The van der Waals surface area contributed by atoms with E-state index in [2.05, 4.69) is 5.32 Å². The first-order valence-corrected chi connectivity index (χ1v) is 6.04. The monoisotopic (exact) mass is 328 g/mol. The van der Waals surface area contributed by atoms with Gasteiger partial charge < -0.3 is 11.1 Å². The van der Waals surface area contributed by atoms with E-state index in [4.69, 9.17) is 5.73 Å². The molecule has 0 fully saturated rings. The van der Waals surface area contributed by atoms with Gasteiger partial charge in [0, 0.05) is 0 Å². The highest BCUT2D eigenvalue weighted by molar-refractivity contribution is 5.94. The number of benzene rings is 1. The van der Waals surface area contributed by atoms with Gasteiger partial charge in [-0.25, -0.2) is 4.39 Å². The topological polar surface area (TPSA) is 55.1 Å². The van der Waals surface area contributed by atoms with Gasteiger partial charge in [-0.3, -0.25) is 4.79 Å². The third kappa shape index (κ3) is 5.89. The number of alkyl halides is 3. The number of carbonyl (C=O) groups is 1. The van der Waals surface area contributed by atoms with Gasteiger partial charge in [-0.05, 0) is 30.5 Å². The second-order valence-corrected chi connectivity index (χ2v) is 4.92. The van der Waals surface area contributed by atoms with Crippen LogP contribution in [0.25, 0.3) is 0 Å². The molecule has 3 nitrogen and oxygen atoms in total. The van der Waals surface area contributed by atoms with Crippen molar-refractivity contribution >= 4 is 24.0 Å². The highest BCUT2D eigenvalue weighted by atomic mass is 35.5. The molecule has 8 heteroatoms. The van der Waals surface area contributed by atoms with E-state index in [0.717, 1.165) is 0 Å². The molecule has 0 aliphatic rings. The Morgan fingerprint density at radius 2 is 1.90 bits per heavy atom. The Bertz CT molecular complexity index is 492. The summed E-state index contributed by atoms with van der Waals surface area (Å²) in [5.41, 5.74) is 4.02. The van der Waals surface area contributed by atoms with Gasteiger partial charge in [0.05, 0.1) is 17.3 Å². The lowest BCUT2D eigenvalue weighted by Crippen LogP contribution is -2.36. The Morgan fingerprint density at radius 3 is 2.38 bits per heavy atom. The third-order valence-electron chi connectivity index (χ3n) is 2.61. The quantitative estimate of drug-likeness (QED) is 0.830. The van der Waals surface area contributed by atoms with Crippen LogP contribution < -0.4 is 11.1 Å². The first kappa shape index (κ1) is 19.7. The van der Waals surface area contributed by atoms with Crippen molar-refractivity contribution in [3.8, 4) is 0 Å². The lowest BCUT2D eigenvalue weighted by molar-refractivity contribution is -0.137. The number of carbonyl (C=O) groups excluding carboxylic acids is 1. The zero-order chi connectivity index (χ0) is 15.5. The van der Waals surface area contributed by atoms with Gasteiger partial charge in [0.2, 0.25) is 5.91 Å². The molecular formula is C13H17ClF4N2O. The number of amides is 1. The molecule has 0 radical (unpaired) electrons. The van der Waals surface area contributed by atoms with Gasteiger partial charge >= 0.3 is 6.18 Å². The second kappa shape index (κ2) is 7.61. The molecule has 0 saturated carbocycles. The number of hydrogen-bond acceptors (Lipinski definition) is 2. The van der Waals surface area contributed by atoms with Crippen LogP contribution in [0.5, 0.6) is 0 Å². The van der Waals surface area contributed by atoms with Crippen molar-refractivity contribution in [2.75, 3.05) is 5.32 Å². The van der Waals surface area contributed by atoms with Gasteiger partial charge in [-0.1, -0.05) is 13.8 Å². The first-order chi connectivity index (χ1) is 9.11. The SMILES string of the molecule is CC(C)C[C@H](N)C(=O)Nc1cc(C(F)(F)F)ccc1F.Cl. The van der Waals surface area contributed by atoms with E-state index in [0.29, 0.717) is 24.6 Å². The van der Waals surface area contributed by atoms with Crippen LogP contribution in [0.4, 0.5) is 23.2 Å². The Balaban J connectivity index is 0.00000400. The molecule has 0 saturated heterocycles. The third-order valence-corrected chi connectivity index (χ3v) is 2.61. The van der Waals surface area contributed by atoms with Gasteiger partial charge in [-0.15, -0.1) is 12.4 Å². The molecule has 0 aliphatic carbocycles. The summed E-state index contributed by atoms with van der Waals surface area (Å²) in [4.78, 5) is 11.7. The summed E-state index contributed by atoms with van der Waals surface area (Å²) in [6.07, 6.45) is -4.25. The standard InChI is InChI=1S/C13H16F4N2O.ClH/c1-7(2)5-10(18)12(20)19-11-6-8(13(15,16)17)3-4-9(11)14;/h3-4,6-7,10H,5,18H2,1-2H3,(H,19,20);1H/t10-;/m0./s1. The van der Waals surface area contributed by atoms with Gasteiger partial charge in [0.15, 0.2) is 0 Å². The molecule has 0 aliphatic heterocycles. The summed E-state index contributed by atoms with van der Waals surface area (Å²) < 4.78 is 50.9. The fourth-order valence-corrected chi connectivity index (χ4v) is 1.64. The number of nitrogens with two attached hydrogens (primary N) is 1. The Kier molecular flexibility index (Phi) is 7.12. The number of rotatable bonds is 4. The van der Waals surface area contributed by atoms with Crippen LogP contribution in [0, 0.1) is 11.7 Å². The van der Waals surface area contributed by atoms with Gasteiger partial charge in [-0.2, -0.15) is 13.2 Å². The van der Waals surface area contributed by atoms with Gasteiger partial charge in [0.1, 0.15) is 5.82 Å². The minimum Gasteiger partial charge on any atom is -0.322 e. The van der Waals surface area contributed by atoms with Crippen molar-refractivity contribution < 1.29 is 22.4 Å². The molecule has 21 heavy (non-hydrogen) atoms. The minimum atomic E-state index is -4.60. The van der Waals surface area contributed by atoms with Crippen LogP contribution in [0.2, 0.25) is 0 Å². The van der Waals surface area contributed by atoms with E-state index in [1.54, 1.807) is 0 Å². The normalized spacial score (nSPS) is 12.8. The molecule has 0 spiro atoms. The maximum Gasteiger partial charge on any atom is 0.416 e. The van der Waals surface area contributed by atoms with E-state index in [9.17, 15) is 22.4 Å². The summed E-state index contributed by atoms with van der Waals surface area (Å²) in [6, 6.07) is 0.921. The Morgan fingerprint density at radius 1 is 1.33 bits per heavy atom. The molecule has 1 aromatic carbocycles. The van der Waals surface area contributed by atoms with E-state index < -0.39 is 35.2 Å². The number of nitrogens with one attached hydrogen (secondary N) is 1. The number of halogens is 5. The zero-order valence-corrected chi connectivity index (χ0v) is 12.3. The molecule has 0 aromatic heterocycles. The maximum atomic E-state index is 13.4. The van der Waals surface area contributed by atoms with Crippen LogP contribution in [0.1, 0.15) is 25.8 Å². The molecule has 0 unspecified atom stereocenters. The predicted molar refractivity (Wildman–Crippen MR) is 74.7 cm³/mol. The molecule has 1 atom stereocenters. The Hall–Kier alpha value is -1.34. The molecule has 3 N–H and O–H groups in total. The maximum absolute atomic E-state index is 13.4. The minimum absolute atomic E-state index is 0. The van der Waals surface area contributed by atoms with Crippen molar-refractivity contribution in [2.45, 2.75) is 32.5 Å². The van der Waals surface area contributed by atoms with E-state index in [-0.39, 0.29) is 18.3 Å². The van der Waals surface area contributed by atoms with E-state index in [1.807, 2.05) is 13.8 Å². The average Bonchev–Trinajstić information content (AvgIpc) is 2.29. The lowest BCUT2D eigenvalue weighted by Gasteiger charge is -2.15. The summed E-state index contributed by atoms with van der Waals surface area (Å²) >= 11 is 0. The molecule has 120 valence electrons. The van der Waals surface area contributed by atoms with Crippen LogP contribution >= 0.6 is 12.4 Å². The van der Waals surface area contributed by atoms with Crippen LogP contribution in [-0.4, -0.2) is 11.9 Å². The van der Waals surface area contributed by atoms with Crippen molar-refractivity contribution in [1.29, 1.82) is 0 Å². The van der Waals surface area contributed by atoms with Crippen molar-refractivity contribution in [2.24, 2.45) is 11.7 Å². The van der Waals surface area contributed by atoms with Crippen molar-refractivity contribution in [1.82, 2.24) is 0 Å². The summed E-state index contributed by atoms with van der Waals surface area (Å²) in [5.74, 6) is -1.51. The zero-order valence-electron chi connectivity index (χ0n) is 11.5. The molecule has 1 rings (SSSR count). The summed E-state index contributed by atoms with van der Waals surface area (Å²) in [7, 11) is 0. The molecule has 0 heterocycles. The predicted octanol–water partition coefficient (Wildman–Crippen LogP) is 3.58.